The molecule has 108 valence electrons. The van der Waals surface area contributed by atoms with E-state index in [1.165, 1.54) is 22.3 Å². The van der Waals surface area contributed by atoms with Crippen molar-refractivity contribution in [3.05, 3.63) is 59.0 Å². The van der Waals surface area contributed by atoms with Gasteiger partial charge in [-0.2, -0.15) is 0 Å². The summed E-state index contributed by atoms with van der Waals surface area (Å²) < 4.78 is 5.09. The molecule has 1 aromatic heterocycles. The number of hydrogen-bond acceptors (Lipinski definition) is 3. The number of benzene rings is 1. The summed E-state index contributed by atoms with van der Waals surface area (Å²) >= 11 is 0. The zero-order chi connectivity index (χ0) is 14.5. The van der Waals surface area contributed by atoms with E-state index in [2.05, 4.69) is 44.0 Å². The van der Waals surface area contributed by atoms with Gasteiger partial charge < -0.3 is 15.1 Å². The average molecular weight is 272 g/mol. The molecule has 0 aliphatic rings. The van der Waals surface area contributed by atoms with Crippen LogP contribution in [0.25, 0.3) is 0 Å². The summed E-state index contributed by atoms with van der Waals surface area (Å²) in [6.07, 6.45) is 4.46. The lowest BCUT2D eigenvalue weighted by Crippen LogP contribution is -2.23. The number of rotatable bonds is 6. The molecule has 1 atom stereocenters. The van der Waals surface area contributed by atoms with Gasteiger partial charge in [0.05, 0.1) is 12.5 Å². The van der Waals surface area contributed by atoms with Crippen molar-refractivity contribution < 1.29 is 4.42 Å². The van der Waals surface area contributed by atoms with Crippen LogP contribution in [0, 0.1) is 13.8 Å². The van der Waals surface area contributed by atoms with Gasteiger partial charge in [0.15, 0.2) is 0 Å². The van der Waals surface area contributed by atoms with E-state index in [1.54, 1.807) is 12.5 Å². The first-order valence-electron chi connectivity index (χ1n) is 7.08. The first-order valence-corrected chi connectivity index (χ1v) is 7.08. The fraction of sp³-hybridized carbons (Fsp3) is 0.412. The monoisotopic (exact) mass is 272 g/mol. The van der Waals surface area contributed by atoms with Crippen molar-refractivity contribution in [2.75, 3.05) is 13.6 Å². The van der Waals surface area contributed by atoms with Crippen LogP contribution >= 0.6 is 0 Å². The summed E-state index contributed by atoms with van der Waals surface area (Å²) in [5, 5.41) is 0. The van der Waals surface area contributed by atoms with Gasteiger partial charge in [-0.15, -0.1) is 0 Å². The predicted octanol–water partition coefficient (Wildman–Crippen LogP) is 3.42. The predicted molar refractivity (Wildman–Crippen MR) is 82.5 cm³/mol. The van der Waals surface area contributed by atoms with Crippen LogP contribution in [0.4, 0.5) is 0 Å². The van der Waals surface area contributed by atoms with Gasteiger partial charge in [0.25, 0.3) is 0 Å². The minimum Gasteiger partial charge on any atom is -0.472 e. The summed E-state index contributed by atoms with van der Waals surface area (Å²) in [6, 6.07) is 8.66. The van der Waals surface area contributed by atoms with E-state index in [0.717, 1.165) is 19.5 Å². The van der Waals surface area contributed by atoms with Crippen LogP contribution in [0.1, 0.15) is 34.7 Å². The van der Waals surface area contributed by atoms with E-state index in [9.17, 15) is 0 Å². The van der Waals surface area contributed by atoms with Crippen LogP contribution < -0.4 is 5.73 Å². The van der Waals surface area contributed by atoms with Crippen molar-refractivity contribution in [1.29, 1.82) is 0 Å². The molecule has 20 heavy (non-hydrogen) atoms. The number of nitrogens with two attached hydrogens (primary N) is 1. The molecule has 0 radical (unpaired) electrons. The van der Waals surface area contributed by atoms with Crippen LogP contribution in [0.3, 0.4) is 0 Å². The number of nitrogens with zero attached hydrogens (tertiary/aromatic N) is 1. The van der Waals surface area contributed by atoms with Crippen molar-refractivity contribution >= 4 is 0 Å². The molecule has 0 spiro atoms. The van der Waals surface area contributed by atoms with Crippen molar-refractivity contribution in [2.45, 2.75) is 32.9 Å². The minimum atomic E-state index is 0.0976. The number of furan rings is 1. The van der Waals surface area contributed by atoms with Crippen LogP contribution in [0.2, 0.25) is 0 Å². The van der Waals surface area contributed by atoms with Crippen LogP contribution in [0.15, 0.2) is 41.2 Å². The Morgan fingerprint density at radius 3 is 2.50 bits per heavy atom. The van der Waals surface area contributed by atoms with Crippen molar-refractivity contribution in [1.82, 2.24) is 4.90 Å². The van der Waals surface area contributed by atoms with Crippen LogP contribution in [0.5, 0.6) is 0 Å². The molecule has 0 fully saturated rings. The molecule has 3 heteroatoms. The Balaban J connectivity index is 1.86. The summed E-state index contributed by atoms with van der Waals surface area (Å²) in [5.74, 6) is 0. The first-order chi connectivity index (χ1) is 9.54. The molecular weight excluding hydrogens is 248 g/mol. The summed E-state index contributed by atoms with van der Waals surface area (Å²) in [7, 11) is 2.11. The van der Waals surface area contributed by atoms with E-state index in [-0.39, 0.29) is 6.04 Å². The van der Waals surface area contributed by atoms with E-state index in [0.29, 0.717) is 0 Å². The van der Waals surface area contributed by atoms with Crippen molar-refractivity contribution in [2.24, 2.45) is 5.73 Å². The minimum absolute atomic E-state index is 0.0976. The lowest BCUT2D eigenvalue weighted by atomic mass is 10.00. The van der Waals surface area contributed by atoms with Gasteiger partial charge in [0, 0.05) is 18.2 Å². The van der Waals surface area contributed by atoms with Crippen molar-refractivity contribution in [3.63, 3.8) is 0 Å². The van der Waals surface area contributed by atoms with Crippen LogP contribution in [-0.4, -0.2) is 18.5 Å². The Hall–Kier alpha value is -1.58. The Morgan fingerprint density at radius 1 is 1.20 bits per heavy atom. The summed E-state index contributed by atoms with van der Waals surface area (Å²) in [4.78, 5) is 2.27. The lowest BCUT2D eigenvalue weighted by Gasteiger charge is -2.19. The molecule has 0 aliphatic heterocycles. The van der Waals surface area contributed by atoms with E-state index < -0.39 is 0 Å². The lowest BCUT2D eigenvalue weighted by molar-refractivity contribution is 0.310. The van der Waals surface area contributed by atoms with Gasteiger partial charge in [-0.25, -0.2) is 0 Å². The molecule has 0 saturated heterocycles. The maximum atomic E-state index is 6.31. The van der Waals surface area contributed by atoms with Gasteiger partial charge in [-0.3, -0.25) is 0 Å². The molecule has 2 rings (SSSR count). The molecule has 0 saturated carbocycles. The van der Waals surface area contributed by atoms with E-state index in [1.807, 2.05) is 6.07 Å². The average Bonchev–Trinajstić information content (AvgIpc) is 2.87. The second-order valence-electron chi connectivity index (χ2n) is 5.69. The molecular formula is C17H24N2O. The van der Waals surface area contributed by atoms with Crippen molar-refractivity contribution in [3.8, 4) is 0 Å². The topological polar surface area (TPSA) is 42.4 Å². The second-order valence-corrected chi connectivity index (χ2v) is 5.69. The zero-order valence-corrected chi connectivity index (χ0v) is 12.6. The van der Waals surface area contributed by atoms with Gasteiger partial charge in [0.2, 0.25) is 0 Å². The summed E-state index contributed by atoms with van der Waals surface area (Å²) in [6.45, 7) is 6.11. The number of aryl methyl sites for hydroxylation is 2. The fourth-order valence-electron chi connectivity index (χ4n) is 2.52. The molecule has 1 aromatic carbocycles. The fourth-order valence-corrected chi connectivity index (χ4v) is 2.52. The highest BCUT2D eigenvalue weighted by molar-refractivity contribution is 5.30. The normalized spacial score (nSPS) is 12.8. The molecule has 2 aromatic rings. The standard InChI is InChI=1S/C17H24N2O/c1-13-8-14(2)10-16(9-13)17(18)4-6-19(3)11-15-5-7-20-12-15/h5,7-10,12,17H,4,6,11,18H2,1-3H3. The summed E-state index contributed by atoms with van der Waals surface area (Å²) in [5.41, 5.74) is 11.3. The second kappa shape index (κ2) is 6.73. The smallest absolute Gasteiger partial charge is 0.0947 e. The molecule has 2 N–H and O–H groups in total. The molecule has 0 bridgehead atoms. The van der Waals surface area contributed by atoms with E-state index in [4.69, 9.17) is 10.2 Å². The van der Waals surface area contributed by atoms with Gasteiger partial charge in [-0.1, -0.05) is 29.3 Å². The molecule has 3 nitrogen and oxygen atoms in total. The van der Waals surface area contributed by atoms with Gasteiger partial charge in [-0.05, 0) is 45.5 Å². The molecule has 0 aliphatic carbocycles. The Bertz CT molecular complexity index is 514. The Morgan fingerprint density at radius 2 is 1.90 bits per heavy atom. The van der Waals surface area contributed by atoms with Gasteiger partial charge >= 0.3 is 0 Å². The molecule has 0 amide bonds. The molecule has 1 heterocycles. The van der Waals surface area contributed by atoms with E-state index >= 15 is 0 Å². The highest BCUT2D eigenvalue weighted by atomic mass is 16.3. The first kappa shape index (κ1) is 14.8. The Kier molecular flexibility index (Phi) is 4.99. The SMILES string of the molecule is Cc1cc(C)cc(C(N)CCN(C)Cc2ccoc2)c1. The maximum Gasteiger partial charge on any atom is 0.0947 e. The zero-order valence-electron chi connectivity index (χ0n) is 12.6. The van der Waals surface area contributed by atoms with Gasteiger partial charge in [0.1, 0.15) is 0 Å². The Labute approximate surface area is 121 Å². The van der Waals surface area contributed by atoms with Crippen LogP contribution in [-0.2, 0) is 6.54 Å². The quantitative estimate of drug-likeness (QED) is 0.876. The third-order valence-corrected chi connectivity index (χ3v) is 3.53. The molecule has 1 unspecified atom stereocenters. The largest absolute Gasteiger partial charge is 0.472 e. The third-order valence-electron chi connectivity index (χ3n) is 3.53. The maximum absolute atomic E-state index is 6.31. The third kappa shape index (κ3) is 4.22. The number of hydrogen-bond donors (Lipinski definition) is 1. The highest BCUT2D eigenvalue weighted by Crippen LogP contribution is 2.18. The highest BCUT2D eigenvalue weighted by Gasteiger charge is 2.09.